The first-order valence-corrected chi connectivity index (χ1v) is 11.8. The van der Waals surface area contributed by atoms with Crippen molar-refractivity contribution >= 4 is 33.3 Å². The number of fused-ring (bicyclic) bond motifs is 3. The number of amides is 1. The van der Waals surface area contributed by atoms with Crippen LogP contribution >= 0.6 is 11.3 Å². The average Bonchev–Trinajstić information content (AvgIpc) is 3.39. The molecule has 0 radical (unpaired) electrons. The number of hydrogen-bond acceptors (Lipinski definition) is 7. The van der Waals surface area contributed by atoms with Crippen LogP contribution in [0.25, 0.3) is 21.6 Å². The second kappa shape index (κ2) is 8.51. The zero-order valence-corrected chi connectivity index (χ0v) is 18.7. The molecule has 8 heteroatoms. The van der Waals surface area contributed by atoms with Crippen LogP contribution in [0.3, 0.4) is 0 Å². The summed E-state index contributed by atoms with van der Waals surface area (Å²) in [5.41, 5.74) is 2.23. The number of nitrogens with one attached hydrogen (secondary N) is 1. The van der Waals surface area contributed by atoms with E-state index in [1.807, 2.05) is 17.0 Å². The number of nitrogens with zero attached hydrogens (tertiary/aromatic N) is 4. The van der Waals surface area contributed by atoms with Gasteiger partial charge in [0.05, 0.1) is 18.6 Å². The maximum Gasteiger partial charge on any atom is 0.245 e. The van der Waals surface area contributed by atoms with Crippen molar-refractivity contribution in [3.63, 3.8) is 0 Å². The van der Waals surface area contributed by atoms with Crippen LogP contribution in [0.5, 0.6) is 0 Å². The van der Waals surface area contributed by atoms with Gasteiger partial charge in [0, 0.05) is 35.9 Å². The summed E-state index contributed by atoms with van der Waals surface area (Å²) in [7, 11) is 0. The fraction of sp³-hybridized carbons (Fsp3) is 0.478. The minimum absolute atomic E-state index is 0.111. The van der Waals surface area contributed by atoms with Gasteiger partial charge in [0.15, 0.2) is 5.82 Å². The molecule has 5 rings (SSSR count). The smallest absolute Gasteiger partial charge is 0.245 e. The summed E-state index contributed by atoms with van der Waals surface area (Å²) < 4.78 is 5.43. The maximum atomic E-state index is 13.4. The zero-order chi connectivity index (χ0) is 21.4. The summed E-state index contributed by atoms with van der Waals surface area (Å²) >= 11 is 1.76. The van der Waals surface area contributed by atoms with Crippen molar-refractivity contribution in [2.45, 2.75) is 39.2 Å². The lowest BCUT2D eigenvalue weighted by Crippen LogP contribution is -2.50. The lowest BCUT2D eigenvalue weighted by atomic mass is 10.0. The van der Waals surface area contributed by atoms with Crippen LogP contribution in [0.2, 0.25) is 0 Å². The number of anilines is 1. The molecule has 3 aromatic heterocycles. The molecule has 1 amide bonds. The number of hydrogen-bond donors (Lipinski definition) is 1. The summed E-state index contributed by atoms with van der Waals surface area (Å²) in [6.07, 6.45) is 6.84. The van der Waals surface area contributed by atoms with Crippen molar-refractivity contribution in [1.82, 2.24) is 19.9 Å². The van der Waals surface area contributed by atoms with Gasteiger partial charge in [0.1, 0.15) is 16.7 Å². The molecule has 1 fully saturated rings. The van der Waals surface area contributed by atoms with Gasteiger partial charge in [-0.05, 0) is 42.9 Å². The molecule has 1 aliphatic carbocycles. The second-order valence-electron chi connectivity index (χ2n) is 8.48. The Kier molecular flexibility index (Phi) is 5.58. The third kappa shape index (κ3) is 3.90. The molecule has 0 spiro atoms. The predicted octanol–water partition coefficient (Wildman–Crippen LogP) is 3.54. The Morgan fingerprint density at radius 2 is 2.06 bits per heavy atom. The SMILES string of the molecule is CC(C)C(Nc1nc(-c2cccnc2)nc2sc3c(c12)CCC3)C(=O)N1CCOCC1. The highest BCUT2D eigenvalue weighted by molar-refractivity contribution is 7.19. The number of morpholine rings is 1. The summed E-state index contributed by atoms with van der Waals surface area (Å²) in [5.74, 6) is 1.64. The Labute approximate surface area is 185 Å². The van der Waals surface area contributed by atoms with E-state index in [2.05, 4.69) is 24.1 Å². The normalized spacial score (nSPS) is 17.2. The maximum absolute atomic E-state index is 13.4. The number of thiophene rings is 1. The average molecular weight is 438 g/mol. The first kappa shape index (κ1) is 20.3. The van der Waals surface area contributed by atoms with Crippen LogP contribution in [0.15, 0.2) is 24.5 Å². The quantitative estimate of drug-likeness (QED) is 0.658. The highest BCUT2D eigenvalue weighted by Crippen LogP contribution is 2.40. The highest BCUT2D eigenvalue weighted by Gasteiger charge is 2.31. The van der Waals surface area contributed by atoms with E-state index in [-0.39, 0.29) is 17.9 Å². The molecule has 1 atom stereocenters. The van der Waals surface area contributed by atoms with Crippen molar-refractivity contribution < 1.29 is 9.53 Å². The Morgan fingerprint density at radius 1 is 1.23 bits per heavy atom. The van der Waals surface area contributed by atoms with E-state index in [1.54, 1.807) is 23.7 Å². The molecule has 0 bridgehead atoms. The number of carbonyl (C=O) groups excluding carboxylic acids is 1. The third-order valence-corrected chi connectivity index (χ3v) is 7.22. The van der Waals surface area contributed by atoms with E-state index < -0.39 is 0 Å². The first-order chi connectivity index (χ1) is 15.1. The van der Waals surface area contributed by atoms with E-state index in [0.717, 1.165) is 34.4 Å². The van der Waals surface area contributed by atoms with Crippen LogP contribution in [-0.4, -0.2) is 58.1 Å². The molecule has 1 unspecified atom stereocenters. The summed E-state index contributed by atoms with van der Waals surface area (Å²) in [4.78, 5) is 31.7. The lowest BCUT2D eigenvalue weighted by Gasteiger charge is -2.32. The van der Waals surface area contributed by atoms with Crippen LogP contribution in [0.1, 0.15) is 30.7 Å². The van der Waals surface area contributed by atoms with Crippen molar-refractivity contribution in [2.75, 3.05) is 31.6 Å². The van der Waals surface area contributed by atoms with Gasteiger partial charge < -0.3 is 15.0 Å². The van der Waals surface area contributed by atoms with E-state index >= 15 is 0 Å². The molecule has 1 N–H and O–H groups in total. The van der Waals surface area contributed by atoms with Gasteiger partial charge in [-0.25, -0.2) is 9.97 Å². The molecule has 0 saturated carbocycles. The first-order valence-electron chi connectivity index (χ1n) is 11.0. The van der Waals surface area contributed by atoms with Crippen molar-refractivity contribution in [2.24, 2.45) is 5.92 Å². The topological polar surface area (TPSA) is 80.2 Å². The Hall–Kier alpha value is -2.58. The van der Waals surface area contributed by atoms with Gasteiger partial charge in [-0.3, -0.25) is 9.78 Å². The summed E-state index contributed by atoms with van der Waals surface area (Å²) in [5, 5.41) is 4.64. The van der Waals surface area contributed by atoms with Crippen LogP contribution in [0, 0.1) is 5.92 Å². The Bertz CT molecular complexity index is 1090. The van der Waals surface area contributed by atoms with E-state index in [9.17, 15) is 4.79 Å². The molecular formula is C23H27N5O2S. The molecule has 3 aromatic rings. The second-order valence-corrected chi connectivity index (χ2v) is 9.56. The molecule has 31 heavy (non-hydrogen) atoms. The van der Waals surface area contributed by atoms with E-state index in [4.69, 9.17) is 14.7 Å². The lowest BCUT2D eigenvalue weighted by molar-refractivity contribution is -0.137. The van der Waals surface area contributed by atoms with Gasteiger partial charge in [0.25, 0.3) is 0 Å². The largest absolute Gasteiger partial charge is 0.378 e. The van der Waals surface area contributed by atoms with Crippen LogP contribution in [-0.2, 0) is 22.4 Å². The predicted molar refractivity (Wildman–Crippen MR) is 122 cm³/mol. The minimum atomic E-state index is -0.352. The summed E-state index contributed by atoms with van der Waals surface area (Å²) in [6.45, 7) is 6.62. The number of aryl methyl sites for hydroxylation is 2. The molecule has 1 aliphatic heterocycles. The monoisotopic (exact) mass is 437 g/mol. The number of ether oxygens (including phenoxy) is 1. The fourth-order valence-corrected chi connectivity index (χ4v) is 5.63. The van der Waals surface area contributed by atoms with Crippen molar-refractivity contribution in [1.29, 1.82) is 0 Å². The van der Waals surface area contributed by atoms with Gasteiger partial charge in [-0.1, -0.05) is 13.8 Å². The third-order valence-electron chi connectivity index (χ3n) is 6.03. The molecule has 2 aliphatic rings. The zero-order valence-electron chi connectivity index (χ0n) is 17.9. The van der Waals surface area contributed by atoms with Gasteiger partial charge >= 0.3 is 0 Å². The fourth-order valence-electron chi connectivity index (χ4n) is 4.37. The van der Waals surface area contributed by atoms with Crippen molar-refractivity contribution in [3.8, 4) is 11.4 Å². The highest BCUT2D eigenvalue weighted by atomic mass is 32.1. The number of pyridine rings is 1. The Balaban J connectivity index is 1.57. The van der Waals surface area contributed by atoms with E-state index in [0.29, 0.717) is 32.1 Å². The number of carbonyl (C=O) groups is 1. The van der Waals surface area contributed by atoms with Crippen LogP contribution < -0.4 is 5.32 Å². The Morgan fingerprint density at radius 3 is 2.81 bits per heavy atom. The van der Waals surface area contributed by atoms with Crippen LogP contribution in [0.4, 0.5) is 5.82 Å². The number of rotatable bonds is 5. The van der Waals surface area contributed by atoms with Crippen molar-refractivity contribution in [3.05, 3.63) is 35.0 Å². The summed E-state index contributed by atoms with van der Waals surface area (Å²) in [6, 6.07) is 3.51. The van der Waals surface area contributed by atoms with Gasteiger partial charge in [-0.2, -0.15) is 0 Å². The minimum Gasteiger partial charge on any atom is -0.378 e. The standard InChI is InChI=1S/C23H27N5O2S/c1-14(2)19(23(29)28-9-11-30-12-10-28)25-21-18-16-6-3-7-17(16)31-22(18)27-20(26-21)15-5-4-8-24-13-15/h4-5,8,13-14,19H,3,6-7,9-12H2,1-2H3,(H,25,26,27). The molecular weight excluding hydrogens is 410 g/mol. The molecule has 1 saturated heterocycles. The number of aromatic nitrogens is 3. The molecule has 162 valence electrons. The molecule has 4 heterocycles. The molecule has 0 aromatic carbocycles. The van der Waals surface area contributed by atoms with Gasteiger partial charge in [0.2, 0.25) is 5.91 Å². The molecule has 7 nitrogen and oxygen atoms in total. The van der Waals surface area contributed by atoms with Gasteiger partial charge in [-0.15, -0.1) is 11.3 Å². The van der Waals surface area contributed by atoms with E-state index in [1.165, 1.54) is 16.9 Å².